The molecule has 5 aliphatic heterocycles. The van der Waals surface area contributed by atoms with Gasteiger partial charge >= 0.3 is 5.97 Å². The maximum absolute atomic E-state index is 14.6. The van der Waals surface area contributed by atoms with Gasteiger partial charge in [-0.25, -0.2) is 4.79 Å². The molecule has 5 heterocycles. The number of esters is 1. The first-order chi connectivity index (χ1) is 64.3. The second-order valence-corrected chi connectivity index (χ2v) is 32.7. The normalized spacial score (nSPS) is 26.7. The van der Waals surface area contributed by atoms with Gasteiger partial charge in [0.15, 0.2) is 37.6 Å². The molecule has 22 heteroatoms. The lowest BCUT2D eigenvalue weighted by atomic mass is 9.94. The number of rotatable bonds is 42. The molecule has 0 aliphatic carbocycles. The van der Waals surface area contributed by atoms with E-state index in [0.29, 0.717) is 0 Å². The van der Waals surface area contributed by atoms with Crippen molar-refractivity contribution >= 4 is 5.97 Å². The molecule has 12 aromatic carbocycles. The molecule has 0 bridgehead atoms. The van der Waals surface area contributed by atoms with Crippen LogP contribution in [-0.2, 0) is 161 Å². The smallest absolute Gasteiger partial charge is 0.338 e. The van der Waals surface area contributed by atoms with Crippen LogP contribution in [0.2, 0.25) is 0 Å². The molecule has 12 aromatic rings. The van der Waals surface area contributed by atoms with E-state index in [1.165, 1.54) is 0 Å². The Morgan fingerprint density at radius 1 is 0.262 bits per heavy atom. The van der Waals surface area contributed by atoms with Crippen LogP contribution in [0.15, 0.2) is 364 Å². The number of aliphatic hydroxyl groups excluding tert-OH is 1. The van der Waals surface area contributed by atoms with Gasteiger partial charge < -0.3 is 99.8 Å². The molecule has 17 rings (SSSR count). The molecule has 1 N–H and O–H groups in total. The van der Waals surface area contributed by atoms with E-state index in [0.717, 1.165) is 61.2 Å². The van der Waals surface area contributed by atoms with Gasteiger partial charge in [0.2, 0.25) is 0 Å². The topological polar surface area (TPSA) is 222 Å². The number of hydrogen-bond acceptors (Lipinski definition) is 22. The lowest BCUT2D eigenvalue weighted by Gasteiger charge is -2.53. The van der Waals surface area contributed by atoms with Gasteiger partial charge in [-0.2, -0.15) is 0 Å². The van der Waals surface area contributed by atoms with Crippen LogP contribution in [0.25, 0.3) is 0 Å². The van der Waals surface area contributed by atoms with Crippen molar-refractivity contribution in [1.82, 2.24) is 0 Å². The van der Waals surface area contributed by atoms with Crippen molar-refractivity contribution in [2.45, 2.75) is 195 Å². The highest BCUT2D eigenvalue weighted by molar-refractivity contribution is 5.89. The minimum atomic E-state index is -1.78. The summed E-state index contributed by atoms with van der Waals surface area (Å²) in [5, 5.41) is 12.6. The van der Waals surface area contributed by atoms with Crippen LogP contribution < -0.4 is 0 Å². The van der Waals surface area contributed by atoms with Crippen LogP contribution >= 0.6 is 0 Å². The van der Waals surface area contributed by atoms with E-state index in [2.05, 4.69) is 0 Å². The SMILES string of the molecule is O=C(O[C@@H]1[C@@H](OCc2ccccc2)[C@H](O[C@@H]2O[C@H](COCc3ccccc3)[C@@H](O[C@@H]3O[C@H](COCc4ccccc4)[C@@H](O[C@@H]4O[C@@H]5CO[C@@H](c6ccccc6)O[C@H]5[C@H](OCc5ccccc5)[C@@H]4OCc4ccccc4)[C@H](OCc4ccccc4)[C@@H]3OCc3ccccc3)[C@H](OCc3ccccc3)[C@@H]2OCc2ccccc2)[C@@H](COCc2ccccc2)O[C@H]1O)c1ccccc1. The lowest BCUT2D eigenvalue weighted by molar-refractivity contribution is -0.409. The average molecular weight is 1760 g/mol. The molecule has 22 nitrogen and oxygen atoms in total. The Bertz CT molecular complexity index is 5220. The van der Waals surface area contributed by atoms with E-state index in [-0.39, 0.29) is 98.1 Å². The summed E-state index contributed by atoms with van der Waals surface area (Å²) >= 11 is 0. The fourth-order valence-corrected chi connectivity index (χ4v) is 16.8. The number of hydrogen-bond donors (Lipinski definition) is 1. The van der Waals surface area contributed by atoms with Gasteiger partial charge in [0.25, 0.3) is 0 Å². The van der Waals surface area contributed by atoms with Crippen molar-refractivity contribution in [3.05, 3.63) is 431 Å². The van der Waals surface area contributed by atoms with E-state index >= 15 is 0 Å². The minimum absolute atomic E-state index is 0.000181. The number of fused-ring (bicyclic) bond motifs is 1. The Labute approximate surface area is 758 Å². The van der Waals surface area contributed by atoms with Crippen molar-refractivity contribution < 1.29 is 105 Å². The summed E-state index contributed by atoms with van der Waals surface area (Å²) in [5.74, 6) is -0.744. The molecular formula is C108H110O22. The highest BCUT2D eigenvalue weighted by atomic mass is 16.8. The molecule has 5 fully saturated rings. The van der Waals surface area contributed by atoms with Crippen LogP contribution in [0.1, 0.15) is 77.8 Å². The number of aliphatic hydroxyl groups is 1. The predicted octanol–water partition coefficient (Wildman–Crippen LogP) is 17.1. The fourth-order valence-electron chi connectivity index (χ4n) is 16.8. The first-order valence-corrected chi connectivity index (χ1v) is 44.6. The minimum Gasteiger partial charge on any atom is -0.450 e. The molecule has 0 spiro atoms. The largest absolute Gasteiger partial charge is 0.450 e. The summed E-state index contributed by atoms with van der Waals surface area (Å²) in [6.45, 7) is 0.381. The average Bonchev–Trinajstić information content (AvgIpc) is 0.740. The summed E-state index contributed by atoms with van der Waals surface area (Å²) in [4.78, 5) is 14.6. The first-order valence-electron chi connectivity index (χ1n) is 44.6. The Kier molecular flexibility index (Phi) is 33.3. The Morgan fingerprint density at radius 2 is 0.515 bits per heavy atom. The number of carbonyl (C=O) groups is 1. The summed E-state index contributed by atoms with van der Waals surface area (Å²) < 4.78 is 146. The summed E-state index contributed by atoms with van der Waals surface area (Å²) in [5.41, 5.74) is 9.58. The molecule has 0 amide bonds. The first kappa shape index (κ1) is 91.2. The zero-order valence-electron chi connectivity index (χ0n) is 72.2. The maximum Gasteiger partial charge on any atom is 0.338 e. The second kappa shape index (κ2) is 47.4. The van der Waals surface area contributed by atoms with Crippen molar-refractivity contribution in [3.8, 4) is 0 Å². The highest BCUT2D eigenvalue weighted by Crippen LogP contribution is 2.43. The molecule has 0 radical (unpaired) electrons. The molecule has 674 valence electrons. The van der Waals surface area contributed by atoms with Gasteiger partial charge in [0.05, 0.1) is 98.1 Å². The predicted molar refractivity (Wildman–Crippen MR) is 481 cm³/mol. The number of ether oxygens (including phenoxy) is 20. The Morgan fingerprint density at radius 3 is 0.838 bits per heavy atom. The van der Waals surface area contributed by atoms with Crippen LogP contribution in [0.3, 0.4) is 0 Å². The van der Waals surface area contributed by atoms with Crippen molar-refractivity contribution in [2.75, 3.05) is 26.4 Å². The van der Waals surface area contributed by atoms with Crippen LogP contribution in [-0.4, -0.2) is 160 Å². The maximum atomic E-state index is 14.6. The standard InChI is InChI=1S/C108H110O22/c109-103(85-57-33-11-34-58-85)126-99-95(114-64-78-43-19-4-20-44-78)91(87(122-104(99)110)71-111-61-75-37-13-1-14-38-75)128-106-100(118-68-82-51-27-8-28-52-82)96(115-65-79-45-21-5-22-46-79)92(88(123-106)72-112-62-76-39-15-2-16-40-76)129-107-101(119-69-83-53-29-9-30-54-83)97(116-66-80-47-23-6-24-48-80)93(89(124-107)73-113-63-77-41-17-3-18-42-77)130-108-102(120-70-84-55-31-10-32-56-84)98(117-67-81-49-25-7-26-50-81)94-90(125-108)74-121-105(127-94)86-59-35-12-36-60-86/h1-60,87-102,104-108,110H,61-74H2/t87-,88-,89-,90-,91-,92-,93-,94-,95+,96+,97+,98+,99-,100+,101+,102+,104-,105-,106+,107+,108+/m1/s1. The monoisotopic (exact) mass is 1760 g/mol. The van der Waals surface area contributed by atoms with Gasteiger partial charge in [-0.15, -0.1) is 0 Å². The van der Waals surface area contributed by atoms with Crippen molar-refractivity contribution in [2.24, 2.45) is 0 Å². The molecular weight excluding hydrogens is 1650 g/mol. The Balaban J connectivity index is 0.800. The number of benzene rings is 12. The third-order valence-electron chi connectivity index (χ3n) is 23.5. The van der Waals surface area contributed by atoms with Crippen molar-refractivity contribution in [3.63, 3.8) is 0 Å². The highest BCUT2D eigenvalue weighted by Gasteiger charge is 2.60. The van der Waals surface area contributed by atoms with Gasteiger partial charge in [-0.3, -0.25) is 0 Å². The summed E-state index contributed by atoms with van der Waals surface area (Å²) in [6.07, 6.45) is -25.2. The van der Waals surface area contributed by atoms with E-state index in [1.807, 2.05) is 334 Å². The molecule has 5 aliphatic rings. The summed E-state index contributed by atoms with van der Waals surface area (Å²) in [7, 11) is 0. The van der Waals surface area contributed by atoms with Gasteiger partial charge in [0.1, 0.15) is 91.6 Å². The third-order valence-corrected chi connectivity index (χ3v) is 23.5. The lowest BCUT2D eigenvalue weighted by Crippen LogP contribution is -2.69. The van der Waals surface area contributed by atoms with Crippen LogP contribution in [0.5, 0.6) is 0 Å². The van der Waals surface area contributed by atoms with E-state index in [9.17, 15) is 9.90 Å². The zero-order chi connectivity index (χ0) is 88.1. The molecule has 0 saturated carbocycles. The zero-order valence-corrected chi connectivity index (χ0v) is 72.2. The molecule has 0 unspecified atom stereocenters. The molecule has 5 saturated heterocycles. The van der Waals surface area contributed by atoms with E-state index in [4.69, 9.17) is 94.7 Å². The van der Waals surface area contributed by atoms with Crippen LogP contribution in [0, 0.1) is 0 Å². The quantitative estimate of drug-likeness (QED) is 0.0351. The van der Waals surface area contributed by atoms with Crippen molar-refractivity contribution in [1.29, 1.82) is 0 Å². The number of carbonyl (C=O) groups excluding carboxylic acids is 1. The molecule has 0 aromatic heterocycles. The van der Waals surface area contributed by atoms with Gasteiger partial charge in [-0.1, -0.05) is 352 Å². The van der Waals surface area contributed by atoms with Gasteiger partial charge in [-0.05, 0) is 67.8 Å². The fraction of sp³-hybridized carbons (Fsp3) is 0.324. The summed E-state index contributed by atoms with van der Waals surface area (Å²) in [6, 6.07) is 116. The van der Waals surface area contributed by atoms with E-state index in [1.54, 1.807) is 30.3 Å². The van der Waals surface area contributed by atoms with Crippen LogP contribution in [0.4, 0.5) is 0 Å². The van der Waals surface area contributed by atoms with Gasteiger partial charge in [0, 0.05) is 5.56 Å². The second-order valence-electron chi connectivity index (χ2n) is 32.7. The third kappa shape index (κ3) is 25.1. The Hall–Kier alpha value is -10.7. The molecule has 130 heavy (non-hydrogen) atoms. The molecule has 21 atom stereocenters. The van der Waals surface area contributed by atoms with E-state index < -0.39 is 135 Å².